The molecule has 0 saturated carbocycles. The summed E-state index contributed by atoms with van der Waals surface area (Å²) in [5.41, 5.74) is 0.371. The fourth-order valence-electron chi connectivity index (χ4n) is 2.83. The maximum absolute atomic E-state index is 12.6. The van der Waals surface area contributed by atoms with Crippen LogP contribution in [-0.4, -0.2) is 60.6 Å². The third-order valence-corrected chi connectivity index (χ3v) is 5.50. The van der Waals surface area contributed by atoms with Crippen LogP contribution in [0, 0.1) is 5.92 Å². The number of benzene rings is 1. The van der Waals surface area contributed by atoms with E-state index in [1.807, 2.05) is 13.8 Å². The van der Waals surface area contributed by atoms with Crippen LogP contribution in [0.25, 0.3) is 0 Å². The molecule has 0 bridgehead atoms. The Bertz CT molecular complexity index is 818. The molecule has 1 heterocycles. The van der Waals surface area contributed by atoms with Gasteiger partial charge >= 0.3 is 5.97 Å². The Labute approximate surface area is 189 Å². The summed E-state index contributed by atoms with van der Waals surface area (Å²) in [6.45, 7) is 5.11. The second kappa shape index (κ2) is 11.3. The Balaban J connectivity index is 2.02. The van der Waals surface area contributed by atoms with Crippen molar-refractivity contribution in [1.82, 2.24) is 15.5 Å². The number of thiocarbonyl (C=S) groups is 1. The van der Waals surface area contributed by atoms with E-state index < -0.39 is 17.9 Å². The zero-order valence-electron chi connectivity index (χ0n) is 17.2. The monoisotopic (exact) mass is 499 g/mol. The topological polar surface area (TPSA) is 97.0 Å². The smallest absolute Gasteiger partial charge is 0.308 e. The van der Waals surface area contributed by atoms with Crippen molar-refractivity contribution < 1.29 is 23.9 Å². The third-order valence-electron chi connectivity index (χ3n) is 4.54. The van der Waals surface area contributed by atoms with Crippen molar-refractivity contribution in [2.45, 2.75) is 32.7 Å². The van der Waals surface area contributed by atoms with E-state index in [1.165, 1.54) is 7.11 Å². The van der Waals surface area contributed by atoms with Gasteiger partial charge in [-0.15, -0.1) is 0 Å². The van der Waals surface area contributed by atoms with Crippen molar-refractivity contribution in [2.24, 2.45) is 5.92 Å². The lowest BCUT2D eigenvalue weighted by molar-refractivity contribution is -0.147. The van der Waals surface area contributed by atoms with Gasteiger partial charge in [0.15, 0.2) is 5.11 Å². The molecule has 1 aliphatic rings. The number of hydrogen-bond donors (Lipinski definition) is 2. The molecule has 1 saturated heterocycles. The predicted octanol–water partition coefficient (Wildman–Crippen LogP) is 2.25. The number of rotatable bonds is 7. The summed E-state index contributed by atoms with van der Waals surface area (Å²) in [5.74, 6) is -0.222. The second-order valence-corrected chi connectivity index (χ2v) is 8.46. The van der Waals surface area contributed by atoms with Crippen LogP contribution >= 0.6 is 28.1 Å². The summed E-state index contributed by atoms with van der Waals surface area (Å²) < 4.78 is 11.0. The van der Waals surface area contributed by atoms with Crippen LogP contribution in [0.2, 0.25) is 0 Å². The minimum atomic E-state index is -0.833. The van der Waals surface area contributed by atoms with E-state index in [4.69, 9.17) is 21.7 Å². The van der Waals surface area contributed by atoms with Gasteiger partial charge in [0.2, 0.25) is 5.91 Å². The Morgan fingerprint density at radius 2 is 2.13 bits per heavy atom. The van der Waals surface area contributed by atoms with Crippen molar-refractivity contribution >= 4 is 51.0 Å². The lowest BCUT2D eigenvalue weighted by Gasteiger charge is -2.36. The number of methoxy groups -OCH3 is 1. The Morgan fingerprint density at radius 3 is 2.77 bits per heavy atom. The maximum Gasteiger partial charge on any atom is 0.308 e. The molecular formula is C20H26BrN3O5S. The number of carbonyl (C=O) groups excluding carboxylic acids is 3. The fourth-order valence-corrected chi connectivity index (χ4v) is 3.69. The van der Waals surface area contributed by atoms with Gasteiger partial charge in [-0.1, -0.05) is 13.8 Å². The highest BCUT2D eigenvalue weighted by Gasteiger charge is 2.34. The van der Waals surface area contributed by atoms with Crippen LogP contribution in [-0.2, 0) is 14.3 Å². The van der Waals surface area contributed by atoms with Crippen molar-refractivity contribution in [2.75, 3.05) is 26.8 Å². The van der Waals surface area contributed by atoms with Crippen LogP contribution in [0.3, 0.4) is 0 Å². The molecular weight excluding hydrogens is 474 g/mol. The molecule has 1 fully saturated rings. The summed E-state index contributed by atoms with van der Waals surface area (Å²) >= 11 is 8.70. The number of piperazine rings is 1. The van der Waals surface area contributed by atoms with Gasteiger partial charge < -0.3 is 19.7 Å². The van der Waals surface area contributed by atoms with E-state index in [2.05, 4.69) is 26.6 Å². The average molecular weight is 500 g/mol. The fraction of sp³-hybridized carbons (Fsp3) is 0.500. The summed E-state index contributed by atoms with van der Waals surface area (Å²) in [6, 6.07) is 4.05. The van der Waals surface area contributed by atoms with E-state index in [1.54, 1.807) is 23.1 Å². The van der Waals surface area contributed by atoms with Gasteiger partial charge in [-0.25, -0.2) is 0 Å². The first-order valence-corrected chi connectivity index (χ1v) is 10.8. The number of hydrogen-bond acceptors (Lipinski definition) is 6. The molecule has 1 aromatic carbocycles. The van der Waals surface area contributed by atoms with Crippen molar-refractivity contribution in [3.63, 3.8) is 0 Å². The number of carbonyl (C=O) groups is 3. The number of nitrogens with zero attached hydrogens (tertiary/aromatic N) is 1. The lowest BCUT2D eigenvalue weighted by Crippen LogP contribution is -2.60. The minimum absolute atomic E-state index is 0.0850. The van der Waals surface area contributed by atoms with Gasteiger partial charge in [-0.2, -0.15) is 0 Å². The van der Waals surface area contributed by atoms with Gasteiger partial charge in [0.1, 0.15) is 11.8 Å². The third kappa shape index (κ3) is 6.66. The maximum atomic E-state index is 12.6. The Morgan fingerprint density at radius 1 is 1.40 bits per heavy atom. The first-order chi connectivity index (χ1) is 14.2. The van der Waals surface area contributed by atoms with E-state index >= 15 is 0 Å². The van der Waals surface area contributed by atoms with Gasteiger partial charge in [-0.3, -0.25) is 19.7 Å². The number of amides is 2. The SMILES string of the molecule is COc1ccc(C(=O)NC(=S)N2CCNC(=O)C2CC(=O)OCCC(C)C)cc1Br. The van der Waals surface area contributed by atoms with Crippen molar-refractivity contribution in [1.29, 1.82) is 0 Å². The lowest BCUT2D eigenvalue weighted by atomic mass is 10.1. The molecule has 2 N–H and O–H groups in total. The van der Waals surface area contributed by atoms with E-state index in [-0.39, 0.29) is 17.4 Å². The summed E-state index contributed by atoms with van der Waals surface area (Å²) in [5, 5.41) is 5.44. The molecule has 30 heavy (non-hydrogen) atoms. The van der Waals surface area contributed by atoms with Crippen molar-refractivity contribution in [3.05, 3.63) is 28.2 Å². The molecule has 1 atom stereocenters. The van der Waals surface area contributed by atoms with Crippen LogP contribution in [0.1, 0.15) is 37.0 Å². The van der Waals surface area contributed by atoms with Gasteiger partial charge in [0.25, 0.3) is 5.91 Å². The highest BCUT2D eigenvalue weighted by molar-refractivity contribution is 9.10. The minimum Gasteiger partial charge on any atom is -0.496 e. The standard InChI is InChI=1S/C20H26BrN3O5S/c1-12(2)6-9-29-17(25)11-15-19(27)22-7-8-24(15)20(30)23-18(26)13-4-5-16(28-3)14(21)10-13/h4-5,10,12,15H,6-9,11H2,1-3H3,(H,22,27)(H,23,26,30). The first-order valence-electron chi connectivity index (χ1n) is 9.61. The van der Waals surface area contributed by atoms with E-state index in [9.17, 15) is 14.4 Å². The Kier molecular flexibility index (Phi) is 9.04. The van der Waals surface area contributed by atoms with Crippen LogP contribution < -0.4 is 15.4 Å². The largest absolute Gasteiger partial charge is 0.496 e. The molecule has 1 aromatic rings. The number of esters is 1. The molecule has 8 nitrogen and oxygen atoms in total. The summed E-state index contributed by atoms with van der Waals surface area (Å²) in [7, 11) is 1.53. The molecule has 1 unspecified atom stereocenters. The molecule has 0 radical (unpaired) electrons. The van der Waals surface area contributed by atoms with Gasteiger partial charge in [0.05, 0.1) is 24.6 Å². The molecule has 2 rings (SSSR count). The average Bonchev–Trinajstić information content (AvgIpc) is 2.69. The normalized spacial score (nSPS) is 16.1. The quantitative estimate of drug-likeness (QED) is 0.438. The summed E-state index contributed by atoms with van der Waals surface area (Å²) in [6.07, 6.45) is 0.603. The van der Waals surface area contributed by atoms with E-state index in [0.29, 0.717) is 41.4 Å². The number of halogens is 1. The molecule has 10 heteroatoms. The highest BCUT2D eigenvalue weighted by atomic mass is 79.9. The number of nitrogens with one attached hydrogen (secondary N) is 2. The van der Waals surface area contributed by atoms with Crippen LogP contribution in [0.4, 0.5) is 0 Å². The molecule has 164 valence electrons. The molecule has 2 amide bonds. The zero-order chi connectivity index (χ0) is 22.3. The Hall–Kier alpha value is -2.20. The zero-order valence-corrected chi connectivity index (χ0v) is 19.6. The van der Waals surface area contributed by atoms with Crippen molar-refractivity contribution in [3.8, 4) is 5.75 Å². The molecule has 1 aliphatic heterocycles. The molecule has 0 spiro atoms. The molecule has 0 aliphatic carbocycles. The van der Waals surface area contributed by atoms with Crippen LogP contribution in [0.5, 0.6) is 5.75 Å². The van der Waals surface area contributed by atoms with Gasteiger partial charge in [0, 0.05) is 18.7 Å². The van der Waals surface area contributed by atoms with Gasteiger partial charge in [-0.05, 0) is 58.7 Å². The van der Waals surface area contributed by atoms with Crippen LogP contribution in [0.15, 0.2) is 22.7 Å². The highest BCUT2D eigenvalue weighted by Crippen LogP contribution is 2.25. The number of ether oxygens (including phenoxy) is 2. The van der Waals surface area contributed by atoms with E-state index in [0.717, 1.165) is 6.42 Å². The molecule has 0 aromatic heterocycles. The first kappa shape index (κ1) is 24.1. The second-order valence-electron chi connectivity index (χ2n) is 7.22. The summed E-state index contributed by atoms with van der Waals surface area (Å²) in [4.78, 5) is 38.7. The predicted molar refractivity (Wildman–Crippen MR) is 119 cm³/mol.